The number of rotatable bonds is 23. The van der Waals surface area contributed by atoms with Gasteiger partial charge in [0.15, 0.2) is 12.6 Å². The highest BCUT2D eigenvalue weighted by Crippen LogP contribution is 2.30. The van der Waals surface area contributed by atoms with Gasteiger partial charge >= 0.3 is 5.97 Å². The normalized spacial score (nSPS) is 33.4. The number of aliphatic hydroxyl groups excluding tert-OH is 7. The van der Waals surface area contributed by atoms with Crippen LogP contribution in [0.4, 0.5) is 0 Å². The second-order valence-corrected chi connectivity index (χ2v) is 12.3. The minimum absolute atomic E-state index is 0.276. The number of hydrogen-bond donors (Lipinski definition) is 8. The lowest BCUT2D eigenvalue weighted by Gasteiger charge is -2.46. The lowest BCUT2D eigenvalue weighted by molar-refractivity contribution is -0.371. The summed E-state index contributed by atoms with van der Waals surface area (Å²) in [4.78, 5) is 10.5. The Labute approximate surface area is 261 Å². The highest BCUT2D eigenvalue weighted by molar-refractivity contribution is 5.66. The number of carboxylic acid groups (broad SMARTS) is 1. The number of ether oxygens (including phenoxy) is 4. The van der Waals surface area contributed by atoms with Crippen LogP contribution in [0.1, 0.15) is 110 Å². The lowest BCUT2D eigenvalue weighted by Crippen LogP contribution is -2.64. The second-order valence-electron chi connectivity index (χ2n) is 12.3. The molecule has 2 heterocycles. The summed E-state index contributed by atoms with van der Waals surface area (Å²) in [5.41, 5.74) is 0. The van der Waals surface area contributed by atoms with Gasteiger partial charge < -0.3 is 59.8 Å². The van der Waals surface area contributed by atoms with Gasteiger partial charge in [-0.1, -0.05) is 83.5 Å². The summed E-state index contributed by atoms with van der Waals surface area (Å²) in [6.45, 7) is 0.617. The third-order valence-electron chi connectivity index (χ3n) is 8.58. The van der Waals surface area contributed by atoms with Gasteiger partial charge in [-0.2, -0.15) is 0 Å². The molecule has 0 bridgehead atoms. The molecule has 13 heteroatoms. The van der Waals surface area contributed by atoms with Crippen molar-refractivity contribution in [3.05, 3.63) is 0 Å². The summed E-state index contributed by atoms with van der Waals surface area (Å²) in [6, 6.07) is 0. The number of hydrogen-bond acceptors (Lipinski definition) is 12. The number of aliphatic hydroxyl groups is 7. The van der Waals surface area contributed by atoms with Crippen molar-refractivity contribution in [1.82, 2.24) is 0 Å². The summed E-state index contributed by atoms with van der Waals surface area (Å²) in [5, 5.41) is 79.3. The number of unbranched alkanes of at least 4 members (excludes halogenated alkanes) is 13. The number of carbonyl (C=O) groups is 1. The van der Waals surface area contributed by atoms with Crippen molar-refractivity contribution >= 4 is 5.97 Å². The number of aliphatic carboxylic acids is 1. The van der Waals surface area contributed by atoms with E-state index in [1.165, 1.54) is 51.4 Å². The van der Waals surface area contributed by atoms with Gasteiger partial charge in [-0.05, 0) is 19.8 Å². The fourth-order valence-electron chi connectivity index (χ4n) is 5.77. The Morgan fingerprint density at radius 1 is 0.614 bits per heavy atom. The first kappa shape index (κ1) is 39.2. The third-order valence-corrected chi connectivity index (χ3v) is 8.58. The van der Waals surface area contributed by atoms with Crippen LogP contribution < -0.4 is 0 Å². The van der Waals surface area contributed by atoms with Crippen molar-refractivity contribution in [3.63, 3.8) is 0 Å². The molecule has 0 radical (unpaired) electrons. The molecule has 0 spiro atoms. The van der Waals surface area contributed by atoms with Crippen molar-refractivity contribution in [3.8, 4) is 0 Å². The van der Waals surface area contributed by atoms with Crippen LogP contribution in [0.15, 0.2) is 0 Å². The summed E-state index contributed by atoms with van der Waals surface area (Å²) in [7, 11) is 0. The first-order valence-corrected chi connectivity index (χ1v) is 16.6. The fraction of sp³-hybridized carbons (Fsp3) is 0.968. The van der Waals surface area contributed by atoms with Gasteiger partial charge in [0.25, 0.3) is 0 Å². The molecule has 0 aromatic heterocycles. The van der Waals surface area contributed by atoms with Gasteiger partial charge in [0.2, 0.25) is 0 Å². The van der Waals surface area contributed by atoms with Crippen LogP contribution in [0.5, 0.6) is 0 Å². The monoisotopic (exact) mass is 638 g/mol. The van der Waals surface area contributed by atoms with Crippen molar-refractivity contribution in [1.29, 1.82) is 0 Å². The highest BCUT2D eigenvalue weighted by Gasteiger charge is 2.51. The molecule has 2 fully saturated rings. The molecule has 2 aliphatic rings. The summed E-state index contributed by atoms with van der Waals surface area (Å²) in [5.74, 6) is -0.710. The van der Waals surface area contributed by atoms with Gasteiger partial charge in [0.05, 0.1) is 19.3 Å². The molecular formula is C31H58O13. The van der Waals surface area contributed by atoms with E-state index in [0.717, 1.165) is 38.5 Å². The predicted molar refractivity (Wildman–Crippen MR) is 158 cm³/mol. The first-order valence-electron chi connectivity index (χ1n) is 16.6. The molecule has 260 valence electrons. The minimum atomic E-state index is -1.71. The molecule has 0 aromatic carbocycles. The molecule has 8 N–H and O–H groups in total. The molecule has 11 unspecified atom stereocenters. The van der Waals surface area contributed by atoms with Crippen molar-refractivity contribution < 1.29 is 64.6 Å². The zero-order valence-electron chi connectivity index (χ0n) is 26.2. The van der Waals surface area contributed by atoms with E-state index in [-0.39, 0.29) is 12.5 Å². The maximum Gasteiger partial charge on any atom is 0.303 e. The van der Waals surface area contributed by atoms with E-state index >= 15 is 0 Å². The topological polar surface area (TPSA) is 216 Å². The molecule has 0 aliphatic carbocycles. The van der Waals surface area contributed by atoms with Crippen molar-refractivity contribution in [2.24, 2.45) is 0 Å². The van der Waals surface area contributed by atoms with Crippen LogP contribution in [-0.2, 0) is 23.7 Å². The zero-order valence-corrected chi connectivity index (χ0v) is 26.2. The molecular weight excluding hydrogens is 580 g/mol. The Morgan fingerprint density at radius 3 is 1.52 bits per heavy atom. The van der Waals surface area contributed by atoms with E-state index < -0.39 is 80.6 Å². The SMILES string of the molecule is CC(CCCCCCCCCCCCCCCCC(=O)O)OC1OC(CO)C(O)C(O)C1OC1OC(CO)C(O)C(O)C1O. The average Bonchev–Trinajstić information content (AvgIpc) is 3.00. The molecule has 0 aromatic rings. The van der Waals surface area contributed by atoms with Gasteiger partial charge in [0.1, 0.15) is 48.8 Å². The standard InChI is InChI=1S/C31H58O13/c1-20(16-14-12-10-8-6-4-2-3-5-7-9-11-13-15-17-23(34)35)41-31-29(27(39)25(37)22(19-33)43-31)44-30-28(40)26(38)24(36)21(18-32)42-30/h20-22,24-33,36-40H,2-19H2,1H3,(H,34,35). The van der Waals surface area contributed by atoms with E-state index in [2.05, 4.69) is 0 Å². The summed E-state index contributed by atoms with van der Waals surface area (Å²) >= 11 is 0. The smallest absolute Gasteiger partial charge is 0.303 e. The summed E-state index contributed by atoms with van der Waals surface area (Å²) in [6.07, 6.45) is 1.79. The number of carboxylic acids is 1. The zero-order chi connectivity index (χ0) is 32.5. The predicted octanol–water partition coefficient (Wildman–Crippen LogP) is 1.34. The Hall–Kier alpha value is -0.970. The quantitative estimate of drug-likeness (QED) is 0.0743. The van der Waals surface area contributed by atoms with Crippen molar-refractivity contribution in [2.75, 3.05) is 13.2 Å². The molecule has 0 amide bonds. The van der Waals surface area contributed by atoms with E-state index in [1.807, 2.05) is 6.92 Å². The molecule has 2 rings (SSSR count). The van der Waals surface area contributed by atoms with Gasteiger partial charge in [-0.15, -0.1) is 0 Å². The van der Waals surface area contributed by atoms with Gasteiger partial charge in [-0.3, -0.25) is 4.79 Å². The first-order chi connectivity index (χ1) is 21.1. The molecule has 2 aliphatic heterocycles. The molecule has 13 nitrogen and oxygen atoms in total. The molecule has 44 heavy (non-hydrogen) atoms. The average molecular weight is 639 g/mol. The van der Waals surface area contributed by atoms with E-state index in [1.54, 1.807) is 0 Å². The van der Waals surface area contributed by atoms with Crippen LogP contribution in [-0.4, -0.2) is 128 Å². The van der Waals surface area contributed by atoms with Crippen LogP contribution >= 0.6 is 0 Å². The van der Waals surface area contributed by atoms with Gasteiger partial charge in [-0.25, -0.2) is 0 Å². The third kappa shape index (κ3) is 13.4. The van der Waals surface area contributed by atoms with Crippen LogP contribution in [0.3, 0.4) is 0 Å². The Bertz CT molecular complexity index is 756. The highest BCUT2D eigenvalue weighted by atomic mass is 16.8. The van der Waals surface area contributed by atoms with E-state index in [4.69, 9.17) is 24.1 Å². The fourth-order valence-corrected chi connectivity index (χ4v) is 5.77. The lowest BCUT2D eigenvalue weighted by atomic mass is 9.97. The van der Waals surface area contributed by atoms with Crippen LogP contribution in [0.2, 0.25) is 0 Å². The largest absolute Gasteiger partial charge is 0.481 e. The van der Waals surface area contributed by atoms with Gasteiger partial charge in [0, 0.05) is 6.42 Å². The minimum Gasteiger partial charge on any atom is -0.481 e. The Morgan fingerprint density at radius 2 is 1.05 bits per heavy atom. The Kier molecular flexibility index (Phi) is 19.4. The second kappa shape index (κ2) is 21.8. The van der Waals surface area contributed by atoms with Crippen LogP contribution in [0, 0.1) is 0 Å². The Balaban J connectivity index is 1.65. The maximum atomic E-state index is 10.8. The molecule has 2 saturated heterocycles. The van der Waals surface area contributed by atoms with Crippen molar-refractivity contribution in [2.45, 2.75) is 177 Å². The van der Waals surface area contributed by atoms with E-state index in [0.29, 0.717) is 6.42 Å². The summed E-state index contributed by atoms with van der Waals surface area (Å²) < 4.78 is 22.8. The maximum absolute atomic E-state index is 10.8. The molecule has 11 atom stereocenters. The molecule has 0 saturated carbocycles. The van der Waals surface area contributed by atoms with E-state index in [9.17, 15) is 40.5 Å². The van der Waals surface area contributed by atoms with Crippen LogP contribution in [0.25, 0.3) is 0 Å².